The zero-order valence-corrected chi connectivity index (χ0v) is 10.1. The number of hydrogen-bond acceptors (Lipinski definition) is 0. The lowest BCUT2D eigenvalue weighted by Crippen LogP contribution is -2.02. The molecule has 0 aliphatic carbocycles. The monoisotopic (exact) mass is 260 g/mol. The van der Waals surface area contributed by atoms with Crippen molar-refractivity contribution in [3.8, 4) is 0 Å². The molecule has 13 heavy (non-hydrogen) atoms. The minimum Gasteiger partial charge on any atom is -0.123 e. The van der Waals surface area contributed by atoms with Crippen molar-refractivity contribution in [1.29, 1.82) is 0 Å². The van der Waals surface area contributed by atoms with Gasteiger partial charge in [0.15, 0.2) is 0 Å². The minimum absolute atomic E-state index is 0.277. The van der Waals surface area contributed by atoms with Crippen LogP contribution < -0.4 is 0 Å². The van der Waals surface area contributed by atoms with Crippen LogP contribution in [0.4, 0.5) is 0 Å². The van der Waals surface area contributed by atoms with Crippen LogP contribution in [0.5, 0.6) is 0 Å². The highest BCUT2D eigenvalue weighted by atomic mass is 79.9. The molecule has 1 aromatic carbocycles. The van der Waals surface area contributed by atoms with E-state index in [1.54, 1.807) is 0 Å². The average molecular weight is 262 g/mol. The normalized spacial score (nSPS) is 12.8. The van der Waals surface area contributed by atoms with Crippen LogP contribution in [0.3, 0.4) is 0 Å². The molecule has 1 rings (SSSR count). The minimum atomic E-state index is 0.277. The summed E-state index contributed by atoms with van der Waals surface area (Å²) in [5.41, 5.74) is 1.31. The molecular formula is C11H14BrCl. The molecule has 0 amide bonds. The SMILES string of the molecule is CCCC(Cl)Cc1cccc(Br)c1. The molecule has 0 radical (unpaired) electrons. The maximum Gasteiger partial charge on any atom is 0.0376 e. The molecule has 72 valence electrons. The molecule has 0 saturated carbocycles. The highest BCUT2D eigenvalue weighted by Gasteiger charge is 2.04. The fourth-order valence-corrected chi connectivity index (χ4v) is 2.18. The van der Waals surface area contributed by atoms with Crippen LogP contribution in [0.15, 0.2) is 28.7 Å². The summed E-state index contributed by atoms with van der Waals surface area (Å²) in [6, 6.07) is 8.34. The zero-order valence-electron chi connectivity index (χ0n) is 7.76. The quantitative estimate of drug-likeness (QED) is 0.705. The van der Waals surface area contributed by atoms with Crippen molar-refractivity contribution in [2.75, 3.05) is 0 Å². The first kappa shape index (κ1) is 11.1. The zero-order chi connectivity index (χ0) is 9.68. The van der Waals surface area contributed by atoms with Crippen LogP contribution in [-0.2, 0) is 6.42 Å². The van der Waals surface area contributed by atoms with Gasteiger partial charge in [-0.25, -0.2) is 0 Å². The Hall–Kier alpha value is -0.0100. The Morgan fingerprint density at radius 1 is 1.46 bits per heavy atom. The summed E-state index contributed by atoms with van der Waals surface area (Å²) in [6.45, 7) is 2.16. The van der Waals surface area contributed by atoms with Gasteiger partial charge in [0.2, 0.25) is 0 Å². The first-order valence-corrected chi connectivity index (χ1v) is 5.84. The van der Waals surface area contributed by atoms with E-state index < -0.39 is 0 Å². The van der Waals surface area contributed by atoms with E-state index in [9.17, 15) is 0 Å². The maximum absolute atomic E-state index is 6.15. The molecule has 0 spiro atoms. The fraction of sp³-hybridized carbons (Fsp3) is 0.455. The Morgan fingerprint density at radius 2 is 2.23 bits per heavy atom. The number of hydrogen-bond donors (Lipinski definition) is 0. The van der Waals surface area contributed by atoms with Crippen molar-refractivity contribution in [2.24, 2.45) is 0 Å². The van der Waals surface area contributed by atoms with E-state index in [-0.39, 0.29) is 5.38 Å². The molecule has 0 N–H and O–H groups in total. The van der Waals surface area contributed by atoms with Gasteiger partial charge < -0.3 is 0 Å². The van der Waals surface area contributed by atoms with E-state index in [1.165, 1.54) is 5.56 Å². The Balaban J connectivity index is 2.53. The van der Waals surface area contributed by atoms with Gasteiger partial charge in [-0.05, 0) is 30.5 Å². The standard InChI is InChI=1S/C11H14BrCl/c1-2-4-11(13)8-9-5-3-6-10(12)7-9/h3,5-7,11H,2,4,8H2,1H3. The van der Waals surface area contributed by atoms with Gasteiger partial charge in [-0.15, -0.1) is 11.6 Å². The van der Waals surface area contributed by atoms with Gasteiger partial charge in [0.25, 0.3) is 0 Å². The molecule has 1 unspecified atom stereocenters. The predicted molar refractivity (Wildman–Crippen MR) is 62.4 cm³/mol. The van der Waals surface area contributed by atoms with Gasteiger partial charge in [0, 0.05) is 9.85 Å². The predicted octanol–water partition coefficient (Wildman–Crippen LogP) is 4.40. The van der Waals surface area contributed by atoms with Crippen LogP contribution in [-0.4, -0.2) is 5.38 Å². The second-order valence-corrected chi connectivity index (χ2v) is 4.75. The molecule has 2 heteroatoms. The third-order valence-electron chi connectivity index (χ3n) is 1.95. The van der Waals surface area contributed by atoms with E-state index in [1.807, 2.05) is 6.07 Å². The topological polar surface area (TPSA) is 0 Å². The van der Waals surface area contributed by atoms with Gasteiger partial charge >= 0.3 is 0 Å². The van der Waals surface area contributed by atoms with Crippen LogP contribution in [0.25, 0.3) is 0 Å². The van der Waals surface area contributed by atoms with E-state index in [0.717, 1.165) is 23.7 Å². The molecule has 0 aliphatic heterocycles. The lowest BCUT2D eigenvalue weighted by atomic mass is 10.1. The largest absolute Gasteiger partial charge is 0.123 e. The van der Waals surface area contributed by atoms with Crippen molar-refractivity contribution >= 4 is 27.5 Å². The van der Waals surface area contributed by atoms with Crippen molar-refractivity contribution < 1.29 is 0 Å². The summed E-state index contributed by atoms with van der Waals surface area (Å²) >= 11 is 9.60. The van der Waals surface area contributed by atoms with Crippen molar-refractivity contribution in [1.82, 2.24) is 0 Å². The molecule has 1 aromatic rings. The summed E-state index contributed by atoms with van der Waals surface area (Å²) in [5, 5.41) is 0.277. The van der Waals surface area contributed by atoms with E-state index in [4.69, 9.17) is 11.6 Å². The summed E-state index contributed by atoms with van der Waals surface area (Å²) in [4.78, 5) is 0. The lowest BCUT2D eigenvalue weighted by molar-refractivity contribution is 0.726. The first-order chi connectivity index (χ1) is 6.22. The highest BCUT2D eigenvalue weighted by molar-refractivity contribution is 9.10. The second kappa shape index (κ2) is 5.66. The number of alkyl halides is 1. The van der Waals surface area contributed by atoms with Crippen molar-refractivity contribution in [2.45, 2.75) is 31.6 Å². The van der Waals surface area contributed by atoms with Crippen LogP contribution >= 0.6 is 27.5 Å². The van der Waals surface area contributed by atoms with E-state index in [0.29, 0.717) is 0 Å². The van der Waals surface area contributed by atoms with Crippen LogP contribution in [0, 0.1) is 0 Å². The van der Waals surface area contributed by atoms with Crippen molar-refractivity contribution in [3.05, 3.63) is 34.3 Å². The average Bonchev–Trinajstić information content (AvgIpc) is 2.04. The Morgan fingerprint density at radius 3 is 2.85 bits per heavy atom. The molecule has 0 heterocycles. The summed E-state index contributed by atoms with van der Waals surface area (Å²) < 4.78 is 1.13. The Kier molecular flexibility index (Phi) is 4.82. The molecule has 0 aromatic heterocycles. The lowest BCUT2D eigenvalue weighted by Gasteiger charge is -2.07. The first-order valence-electron chi connectivity index (χ1n) is 4.61. The van der Waals surface area contributed by atoms with Gasteiger partial charge in [-0.1, -0.05) is 41.4 Å². The fourth-order valence-electron chi connectivity index (χ4n) is 1.33. The summed E-state index contributed by atoms with van der Waals surface area (Å²) in [5.74, 6) is 0. The molecule has 0 fully saturated rings. The maximum atomic E-state index is 6.15. The molecule has 1 atom stereocenters. The molecule has 0 saturated heterocycles. The number of halogens is 2. The van der Waals surface area contributed by atoms with Gasteiger partial charge in [-0.3, -0.25) is 0 Å². The highest BCUT2D eigenvalue weighted by Crippen LogP contribution is 2.16. The van der Waals surface area contributed by atoms with E-state index in [2.05, 4.69) is 41.1 Å². The second-order valence-electron chi connectivity index (χ2n) is 3.22. The smallest absolute Gasteiger partial charge is 0.0376 e. The summed E-state index contributed by atoms with van der Waals surface area (Å²) in [7, 11) is 0. The number of benzene rings is 1. The third-order valence-corrected chi connectivity index (χ3v) is 2.81. The van der Waals surface area contributed by atoms with Crippen molar-refractivity contribution in [3.63, 3.8) is 0 Å². The van der Waals surface area contributed by atoms with E-state index >= 15 is 0 Å². The third kappa shape index (κ3) is 4.15. The summed E-state index contributed by atoms with van der Waals surface area (Å²) in [6.07, 6.45) is 3.21. The van der Waals surface area contributed by atoms with Gasteiger partial charge in [-0.2, -0.15) is 0 Å². The van der Waals surface area contributed by atoms with Gasteiger partial charge in [0.1, 0.15) is 0 Å². The molecule has 0 aliphatic rings. The molecule has 0 bridgehead atoms. The Labute approximate surface area is 93.4 Å². The Bertz CT molecular complexity index is 260. The molecule has 0 nitrogen and oxygen atoms in total. The van der Waals surface area contributed by atoms with Crippen LogP contribution in [0.2, 0.25) is 0 Å². The molecular weight excluding hydrogens is 247 g/mol. The number of rotatable bonds is 4. The van der Waals surface area contributed by atoms with Crippen LogP contribution in [0.1, 0.15) is 25.3 Å². The van der Waals surface area contributed by atoms with Gasteiger partial charge in [0.05, 0.1) is 0 Å².